The molecule has 6 heteroatoms. The molecule has 0 bridgehead atoms. The molecule has 1 saturated heterocycles. The SMILES string of the molecule is COc1ccc(F)cc1CN1CCN(CCC(=O)OC(C)(C)C)CC1. The van der Waals surface area contributed by atoms with Crippen molar-refractivity contribution in [3.05, 3.63) is 29.6 Å². The molecule has 0 saturated carbocycles. The Morgan fingerprint density at radius 1 is 1.16 bits per heavy atom. The van der Waals surface area contributed by atoms with Crippen LogP contribution in [-0.4, -0.2) is 61.2 Å². The Balaban J connectivity index is 1.76. The number of nitrogens with zero attached hydrogens (tertiary/aromatic N) is 2. The third-order valence-electron chi connectivity index (χ3n) is 4.15. The van der Waals surface area contributed by atoms with Gasteiger partial charge in [0.2, 0.25) is 0 Å². The van der Waals surface area contributed by atoms with E-state index in [9.17, 15) is 9.18 Å². The minimum atomic E-state index is -0.431. The Labute approximate surface area is 149 Å². The number of esters is 1. The maximum atomic E-state index is 13.5. The molecule has 1 aromatic rings. The van der Waals surface area contributed by atoms with Crippen LogP contribution in [0.5, 0.6) is 5.75 Å². The molecule has 1 aliphatic heterocycles. The maximum absolute atomic E-state index is 13.5. The Bertz CT molecular complexity index is 579. The third-order valence-corrected chi connectivity index (χ3v) is 4.15. The van der Waals surface area contributed by atoms with Crippen molar-refractivity contribution in [3.63, 3.8) is 0 Å². The second-order valence-electron chi connectivity index (χ2n) is 7.41. The highest BCUT2D eigenvalue weighted by Gasteiger charge is 2.21. The molecular weight excluding hydrogens is 323 g/mol. The van der Waals surface area contributed by atoms with Gasteiger partial charge in [-0.05, 0) is 39.0 Å². The number of benzene rings is 1. The summed E-state index contributed by atoms with van der Waals surface area (Å²) >= 11 is 0. The van der Waals surface area contributed by atoms with Gasteiger partial charge in [-0.2, -0.15) is 0 Å². The van der Waals surface area contributed by atoms with Gasteiger partial charge >= 0.3 is 5.97 Å². The topological polar surface area (TPSA) is 42.0 Å². The summed E-state index contributed by atoms with van der Waals surface area (Å²) < 4.78 is 24.1. The molecule has 1 fully saturated rings. The van der Waals surface area contributed by atoms with Gasteiger partial charge in [-0.3, -0.25) is 9.69 Å². The van der Waals surface area contributed by atoms with Gasteiger partial charge in [-0.1, -0.05) is 0 Å². The van der Waals surface area contributed by atoms with Gasteiger partial charge in [0.25, 0.3) is 0 Å². The van der Waals surface area contributed by atoms with E-state index in [1.165, 1.54) is 12.1 Å². The van der Waals surface area contributed by atoms with Crippen LogP contribution in [0.1, 0.15) is 32.8 Å². The number of carbonyl (C=O) groups is 1. The van der Waals surface area contributed by atoms with Crippen LogP contribution in [0, 0.1) is 5.82 Å². The van der Waals surface area contributed by atoms with Crippen LogP contribution in [0.3, 0.4) is 0 Å². The van der Waals surface area contributed by atoms with Crippen LogP contribution in [0.15, 0.2) is 18.2 Å². The van der Waals surface area contributed by atoms with Crippen molar-refractivity contribution in [1.82, 2.24) is 9.80 Å². The maximum Gasteiger partial charge on any atom is 0.307 e. The second-order valence-corrected chi connectivity index (χ2v) is 7.41. The molecule has 0 unspecified atom stereocenters. The first kappa shape index (κ1) is 19.7. The highest BCUT2D eigenvalue weighted by molar-refractivity contribution is 5.70. The highest BCUT2D eigenvalue weighted by atomic mass is 19.1. The normalized spacial score (nSPS) is 16.7. The summed E-state index contributed by atoms with van der Waals surface area (Å²) in [6.45, 7) is 10.6. The van der Waals surface area contributed by atoms with Gasteiger partial charge < -0.3 is 14.4 Å². The smallest absolute Gasteiger partial charge is 0.307 e. The van der Waals surface area contributed by atoms with Crippen molar-refractivity contribution in [2.45, 2.75) is 39.3 Å². The van der Waals surface area contributed by atoms with E-state index < -0.39 is 5.60 Å². The number of methoxy groups -OCH3 is 1. The zero-order valence-electron chi connectivity index (χ0n) is 15.7. The quantitative estimate of drug-likeness (QED) is 0.737. The zero-order valence-corrected chi connectivity index (χ0v) is 15.7. The summed E-state index contributed by atoms with van der Waals surface area (Å²) in [5, 5.41) is 0. The van der Waals surface area contributed by atoms with Crippen LogP contribution in [-0.2, 0) is 16.1 Å². The van der Waals surface area contributed by atoms with Crippen molar-refractivity contribution in [2.75, 3.05) is 39.8 Å². The van der Waals surface area contributed by atoms with Gasteiger partial charge in [-0.15, -0.1) is 0 Å². The Morgan fingerprint density at radius 2 is 1.80 bits per heavy atom. The molecule has 0 aromatic heterocycles. The minimum Gasteiger partial charge on any atom is -0.496 e. The van der Waals surface area contributed by atoms with E-state index in [1.54, 1.807) is 13.2 Å². The van der Waals surface area contributed by atoms with Crippen molar-refractivity contribution in [2.24, 2.45) is 0 Å². The van der Waals surface area contributed by atoms with Gasteiger partial charge in [-0.25, -0.2) is 4.39 Å². The van der Waals surface area contributed by atoms with E-state index in [1.807, 2.05) is 20.8 Å². The van der Waals surface area contributed by atoms with Crippen molar-refractivity contribution < 1.29 is 18.7 Å². The molecule has 1 heterocycles. The molecule has 1 aromatic carbocycles. The lowest BCUT2D eigenvalue weighted by Crippen LogP contribution is -2.46. The summed E-state index contributed by atoms with van der Waals surface area (Å²) in [7, 11) is 1.60. The second kappa shape index (κ2) is 8.63. The van der Waals surface area contributed by atoms with Gasteiger partial charge in [0.05, 0.1) is 13.5 Å². The van der Waals surface area contributed by atoms with Crippen LogP contribution in [0.25, 0.3) is 0 Å². The summed E-state index contributed by atoms with van der Waals surface area (Å²) in [4.78, 5) is 16.3. The van der Waals surface area contributed by atoms with Crippen molar-refractivity contribution in [1.29, 1.82) is 0 Å². The number of carbonyl (C=O) groups excluding carboxylic acids is 1. The van der Waals surface area contributed by atoms with Crippen molar-refractivity contribution in [3.8, 4) is 5.75 Å². The number of hydrogen-bond donors (Lipinski definition) is 0. The van der Waals surface area contributed by atoms with Gasteiger partial charge in [0, 0.05) is 44.8 Å². The van der Waals surface area contributed by atoms with E-state index >= 15 is 0 Å². The fraction of sp³-hybridized carbons (Fsp3) is 0.632. The molecule has 0 amide bonds. The molecule has 2 rings (SSSR count). The number of hydrogen-bond acceptors (Lipinski definition) is 5. The molecule has 25 heavy (non-hydrogen) atoms. The first-order valence-electron chi connectivity index (χ1n) is 8.76. The van der Waals surface area contributed by atoms with Crippen LogP contribution in [0.2, 0.25) is 0 Å². The Morgan fingerprint density at radius 3 is 2.40 bits per heavy atom. The van der Waals surface area contributed by atoms with Gasteiger partial charge in [0.1, 0.15) is 17.2 Å². The number of rotatable bonds is 6. The average Bonchev–Trinajstić information content (AvgIpc) is 2.53. The average molecular weight is 352 g/mol. The van der Waals surface area contributed by atoms with E-state index in [-0.39, 0.29) is 11.8 Å². The van der Waals surface area contributed by atoms with Crippen molar-refractivity contribution >= 4 is 5.97 Å². The summed E-state index contributed by atoms with van der Waals surface area (Å²) in [6, 6.07) is 4.62. The molecule has 0 atom stereocenters. The standard InChI is InChI=1S/C19H29FN2O3/c1-19(2,3)25-18(23)7-8-21-9-11-22(12-10-21)14-15-13-16(20)5-6-17(15)24-4/h5-6,13H,7-12,14H2,1-4H3. The van der Waals surface area contributed by atoms with E-state index in [0.717, 1.165) is 31.7 Å². The summed E-state index contributed by atoms with van der Waals surface area (Å²) in [5.41, 5.74) is 0.435. The summed E-state index contributed by atoms with van der Waals surface area (Å²) in [5.74, 6) is 0.319. The third kappa shape index (κ3) is 6.63. The monoisotopic (exact) mass is 352 g/mol. The first-order chi connectivity index (χ1) is 11.8. The number of piperazine rings is 1. The molecule has 0 N–H and O–H groups in total. The molecule has 0 spiro atoms. The van der Waals surface area contributed by atoms with Gasteiger partial charge in [0.15, 0.2) is 0 Å². The van der Waals surface area contributed by atoms with E-state index in [4.69, 9.17) is 9.47 Å². The fourth-order valence-electron chi connectivity index (χ4n) is 2.92. The van der Waals surface area contributed by atoms with Crippen LogP contribution < -0.4 is 4.74 Å². The molecule has 5 nitrogen and oxygen atoms in total. The largest absolute Gasteiger partial charge is 0.496 e. The first-order valence-corrected chi connectivity index (χ1v) is 8.76. The highest BCUT2D eigenvalue weighted by Crippen LogP contribution is 2.21. The Kier molecular flexibility index (Phi) is 6.79. The van der Waals surface area contributed by atoms with Crippen LogP contribution >= 0.6 is 0 Å². The fourth-order valence-corrected chi connectivity index (χ4v) is 2.92. The Hall–Kier alpha value is -1.66. The van der Waals surface area contributed by atoms with E-state index in [2.05, 4.69) is 9.80 Å². The number of halogens is 1. The minimum absolute atomic E-state index is 0.153. The lowest BCUT2D eigenvalue weighted by molar-refractivity contribution is -0.155. The molecule has 1 aliphatic rings. The lowest BCUT2D eigenvalue weighted by atomic mass is 10.1. The number of ether oxygens (including phenoxy) is 2. The molecule has 0 aliphatic carbocycles. The van der Waals surface area contributed by atoms with E-state index in [0.29, 0.717) is 25.3 Å². The molecular formula is C19H29FN2O3. The molecule has 0 radical (unpaired) electrons. The summed E-state index contributed by atoms with van der Waals surface area (Å²) in [6.07, 6.45) is 0.412. The van der Waals surface area contributed by atoms with Crippen LogP contribution in [0.4, 0.5) is 4.39 Å². The predicted octanol–water partition coefficient (Wildman–Crippen LogP) is 2.68. The lowest BCUT2D eigenvalue weighted by Gasteiger charge is -2.34. The zero-order chi connectivity index (χ0) is 18.4. The molecule has 140 valence electrons. The predicted molar refractivity (Wildman–Crippen MR) is 95.1 cm³/mol.